The van der Waals surface area contributed by atoms with Crippen LogP contribution < -0.4 is 10.2 Å². The summed E-state index contributed by atoms with van der Waals surface area (Å²) in [5, 5.41) is 8.30. The first kappa shape index (κ1) is 17.8. The maximum atomic E-state index is 12.4. The smallest absolute Gasteiger partial charge is 0.269 e. The molecule has 0 radical (unpaired) electrons. The molecule has 0 spiro atoms. The standard InChI is InChI=1S/C16H24N6O2S/c1-11-10-13(21(2)19-11)15(23)17-12-4-7-22(8-5-12)16-18-14(20-25-16)6-9-24-3/h10,12H,4-9H2,1-3H3,(H,17,23). The maximum absolute atomic E-state index is 12.4. The van der Waals surface area contributed by atoms with Crippen molar-refractivity contribution in [1.29, 1.82) is 0 Å². The molecular formula is C16H24N6O2S. The first-order valence-electron chi connectivity index (χ1n) is 8.45. The topological polar surface area (TPSA) is 85.2 Å². The number of nitrogens with one attached hydrogen (secondary N) is 1. The molecule has 1 fully saturated rings. The number of carbonyl (C=O) groups is 1. The van der Waals surface area contributed by atoms with Gasteiger partial charge in [0.1, 0.15) is 11.5 Å². The molecule has 0 bridgehead atoms. The molecule has 25 heavy (non-hydrogen) atoms. The SMILES string of the molecule is COCCc1nsc(N2CCC(NC(=O)c3cc(C)nn3C)CC2)n1. The van der Waals surface area contributed by atoms with Crippen molar-refractivity contribution in [3.63, 3.8) is 0 Å². The molecule has 0 saturated carbocycles. The Bertz CT molecular complexity index is 720. The molecule has 1 amide bonds. The number of hydrogen-bond acceptors (Lipinski definition) is 7. The van der Waals surface area contributed by atoms with E-state index in [1.807, 2.05) is 13.0 Å². The second-order valence-corrected chi connectivity index (χ2v) is 7.00. The number of amides is 1. The lowest BCUT2D eigenvalue weighted by molar-refractivity contribution is 0.0921. The van der Waals surface area contributed by atoms with Crippen LogP contribution in [-0.2, 0) is 18.2 Å². The van der Waals surface area contributed by atoms with Gasteiger partial charge in [-0.1, -0.05) is 0 Å². The van der Waals surface area contributed by atoms with Gasteiger partial charge in [-0.25, -0.2) is 4.98 Å². The van der Waals surface area contributed by atoms with Gasteiger partial charge in [-0.3, -0.25) is 9.48 Å². The third kappa shape index (κ3) is 4.35. The van der Waals surface area contributed by atoms with E-state index in [0.29, 0.717) is 12.3 Å². The van der Waals surface area contributed by atoms with Gasteiger partial charge in [-0.15, -0.1) is 0 Å². The zero-order chi connectivity index (χ0) is 17.8. The van der Waals surface area contributed by atoms with Crippen molar-refractivity contribution in [2.75, 3.05) is 31.7 Å². The van der Waals surface area contributed by atoms with Crippen molar-refractivity contribution in [3.05, 3.63) is 23.3 Å². The molecule has 2 aromatic rings. The third-order valence-corrected chi connectivity index (χ3v) is 5.14. The molecule has 136 valence electrons. The minimum Gasteiger partial charge on any atom is -0.384 e. The van der Waals surface area contributed by atoms with Crippen LogP contribution in [0.1, 0.15) is 34.8 Å². The van der Waals surface area contributed by atoms with E-state index < -0.39 is 0 Å². The summed E-state index contributed by atoms with van der Waals surface area (Å²) in [6.45, 7) is 4.26. The first-order valence-corrected chi connectivity index (χ1v) is 9.22. The molecule has 0 unspecified atom stereocenters. The molecule has 1 saturated heterocycles. The van der Waals surface area contributed by atoms with Crippen molar-refractivity contribution < 1.29 is 9.53 Å². The molecule has 3 rings (SSSR count). The number of methoxy groups -OCH3 is 1. The first-order chi connectivity index (χ1) is 12.1. The maximum Gasteiger partial charge on any atom is 0.269 e. The third-order valence-electron chi connectivity index (χ3n) is 4.32. The van der Waals surface area contributed by atoms with Gasteiger partial charge < -0.3 is 15.0 Å². The summed E-state index contributed by atoms with van der Waals surface area (Å²) < 4.78 is 11.1. The van der Waals surface area contributed by atoms with E-state index in [1.165, 1.54) is 11.5 Å². The van der Waals surface area contributed by atoms with Gasteiger partial charge in [-0.2, -0.15) is 9.47 Å². The zero-order valence-electron chi connectivity index (χ0n) is 14.9. The number of hydrogen-bond donors (Lipinski definition) is 1. The van der Waals surface area contributed by atoms with E-state index >= 15 is 0 Å². The van der Waals surface area contributed by atoms with Gasteiger partial charge in [0, 0.05) is 51.2 Å². The van der Waals surface area contributed by atoms with E-state index in [2.05, 4.69) is 24.7 Å². The lowest BCUT2D eigenvalue weighted by atomic mass is 10.1. The van der Waals surface area contributed by atoms with E-state index in [9.17, 15) is 4.79 Å². The Balaban J connectivity index is 1.51. The monoisotopic (exact) mass is 364 g/mol. The molecular weight excluding hydrogens is 340 g/mol. The summed E-state index contributed by atoms with van der Waals surface area (Å²) in [6, 6.07) is 1.99. The van der Waals surface area contributed by atoms with Gasteiger partial charge in [0.2, 0.25) is 5.13 Å². The quantitative estimate of drug-likeness (QED) is 0.828. The van der Waals surface area contributed by atoms with Crippen molar-refractivity contribution >= 4 is 22.6 Å². The molecule has 1 aliphatic heterocycles. The highest BCUT2D eigenvalue weighted by molar-refractivity contribution is 7.09. The van der Waals surface area contributed by atoms with Crippen molar-refractivity contribution in [2.24, 2.45) is 7.05 Å². The lowest BCUT2D eigenvalue weighted by Crippen LogP contribution is -2.45. The van der Waals surface area contributed by atoms with Crippen LogP contribution in [0.2, 0.25) is 0 Å². The van der Waals surface area contributed by atoms with Crippen LogP contribution in [-0.4, -0.2) is 57.9 Å². The highest BCUT2D eigenvalue weighted by Crippen LogP contribution is 2.22. The van der Waals surface area contributed by atoms with E-state index in [1.54, 1.807) is 18.8 Å². The van der Waals surface area contributed by atoms with Crippen molar-refractivity contribution in [2.45, 2.75) is 32.2 Å². The Hall–Kier alpha value is -2.00. The number of rotatable bonds is 6. The summed E-state index contributed by atoms with van der Waals surface area (Å²) in [6.07, 6.45) is 2.54. The molecule has 3 heterocycles. The average Bonchev–Trinajstić information content (AvgIpc) is 3.20. The second kappa shape index (κ2) is 7.92. The van der Waals surface area contributed by atoms with Crippen molar-refractivity contribution in [1.82, 2.24) is 24.5 Å². The summed E-state index contributed by atoms with van der Waals surface area (Å²) in [5.74, 6) is 0.781. The normalized spacial score (nSPS) is 15.6. The van der Waals surface area contributed by atoms with Gasteiger partial charge in [0.05, 0.1) is 12.3 Å². The predicted octanol–water partition coefficient (Wildman–Crippen LogP) is 1.17. The molecule has 8 nitrogen and oxygen atoms in total. The fourth-order valence-corrected chi connectivity index (χ4v) is 3.73. The Morgan fingerprint density at radius 2 is 2.20 bits per heavy atom. The molecule has 1 N–H and O–H groups in total. The number of aryl methyl sites for hydroxylation is 2. The van der Waals surface area contributed by atoms with Gasteiger partial charge in [0.15, 0.2) is 0 Å². The van der Waals surface area contributed by atoms with Crippen LogP contribution in [0, 0.1) is 6.92 Å². The fourth-order valence-electron chi connectivity index (χ4n) is 2.97. The van der Waals surface area contributed by atoms with Crippen molar-refractivity contribution in [3.8, 4) is 0 Å². The number of anilines is 1. The Labute approximate surface area is 151 Å². The average molecular weight is 364 g/mol. The minimum atomic E-state index is -0.0562. The number of carbonyl (C=O) groups excluding carboxylic acids is 1. The second-order valence-electron chi connectivity index (χ2n) is 6.27. The predicted molar refractivity (Wildman–Crippen MR) is 96.1 cm³/mol. The Morgan fingerprint density at radius 1 is 1.44 bits per heavy atom. The van der Waals surface area contributed by atoms with Crippen LogP contribution in [0.3, 0.4) is 0 Å². The minimum absolute atomic E-state index is 0.0562. The van der Waals surface area contributed by atoms with Crippen LogP contribution >= 0.6 is 11.5 Å². The summed E-state index contributed by atoms with van der Waals surface area (Å²) in [5.41, 5.74) is 1.45. The van der Waals surface area contributed by atoms with Crippen LogP contribution in [0.15, 0.2) is 6.07 Å². The van der Waals surface area contributed by atoms with Gasteiger partial charge in [0.25, 0.3) is 5.91 Å². The zero-order valence-corrected chi connectivity index (χ0v) is 15.7. The van der Waals surface area contributed by atoms with E-state index in [4.69, 9.17) is 4.74 Å². The number of ether oxygens (including phenoxy) is 1. The number of piperidine rings is 1. The lowest BCUT2D eigenvalue weighted by Gasteiger charge is -2.31. The molecule has 0 aromatic carbocycles. The summed E-state index contributed by atoms with van der Waals surface area (Å²) in [4.78, 5) is 19.2. The molecule has 2 aromatic heterocycles. The molecule has 0 atom stereocenters. The fraction of sp³-hybridized carbons (Fsp3) is 0.625. The number of aromatic nitrogens is 4. The highest BCUT2D eigenvalue weighted by atomic mass is 32.1. The van der Waals surface area contributed by atoms with Gasteiger partial charge in [-0.05, 0) is 25.8 Å². The van der Waals surface area contributed by atoms with Crippen LogP contribution in [0.5, 0.6) is 0 Å². The van der Waals surface area contributed by atoms with Crippen LogP contribution in [0.4, 0.5) is 5.13 Å². The molecule has 9 heteroatoms. The molecule has 1 aliphatic rings. The summed E-state index contributed by atoms with van der Waals surface area (Å²) >= 11 is 1.43. The van der Waals surface area contributed by atoms with Gasteiger partial charge >= 0.3 is 0 Å². The Kier molecular flexibility index (Phi) is 5.64. The largest absolute Gasteiger partial charge is 0.384 e. The molecule has 0 aliphatic carbocycles. The Morgan fingerprint density at radius 3 is 2.84 bits per heavy atom. The van der Waals surface area contributed by atoms with E-state index in [-0.39, 0.29) is 11.9 Å². The van der Waals surface area contributed by atoms with E-state index in [0.717, 1.165) is 49.0 Å². The summed E-state index contributed by atoms with van der Waals surface area (Å²) in [7, 11) is 3.47. The highest BCUT2D eigenvalue weighted by Gasteiger charge is 2.24. The van der Waals surface area contributed by atoms with Crippen LogP contribution in [0.25, 0.3) is 0 Å². The number of nitrogens with zero attached hydrogens (tertiary/aromatic N) is 5.